The molecule has 1 rings (SSSR count). The summed E-state index contributed by atoms with van der Waals surface area (Å²) < 4.78 is 0. The van der Waals surface area contributed by atoms with E-state index in [1.807, 2.05) is 27.7 Å². The van der Waals surface area contributed by atoms with Gasteiger partial charge in [0, 0.05) is 37.4 Å². The minimum absolute atomic E-state index is 0.0476. The molecule has 0 radical (unpaired) electrons. The van der Waals surface area contributed by atoms with Gasteiger partial charge in [0.2, 0.25) is 5.91 Å². The summed E-state index contributed by atoms with van der Waals surface area (Å²) in [4.78, 5) is 33.9. The second-order valence-corrected chi connectivity index (χ2v) is 5.32. The number of nitrogens with zero attached hydrogens (tertiary/aromatic N) is 3. The minimum atomic E-state index is -0.185. The normalized spacial score (nSPS) is 12.0. The van der Waals surface area contributed by atoms with Gasteiger partial charge >= 0.3 is 0 Å². The van der Waals surface area contributed by atoms with Crippen molar-refractivity contribution < 1.29 is 9.59 Å². The van der Waals surface area contributed by atoms with Gasteiger partial charge in [0.25, 0.3) is 5.91 Å². The zero-order valence-electron chi connectivity index (χ0n) is 13.2. The molecule has 0 unspecified atom stereocenters. The molecule has 1 aromatic rings. The SMILES string of the molecule is CC[C@H](C)N(CCC(=O)NC(C)C)C(=O)c1cnccn1. The van der Waals surface area contributed by atoms with Crippen LogP contribution < -0.4 is 5.32 Å². The van der Waals surface area contributed by atoms with Crippen molar-refractivity contribution in [2.24, 2.45) is 0 Å². The Balaban J connectivity index is 2.73. The Morgan fingerprint density at radius 3 is 2.52 bits per heavy atom. The zero-order chi connectivity index (χ0) is 15.8. The monoisotopic (exact) mass is 292 g/mol. The summed E-state index contributed by atoms with van der Waals surface area (Å²) in [7, 11) is 0. The third-order valence-electron chi connectivity index (χ3n) is 3.20. The first-order chi connectivity index (χ1) is 9.95. The summed E-state index contributed by atoms with van der Waals surface area (Å²) in [6.07, 6.45) is 5.58. The third-order valence-corrected chi connectivity index (χ3v) is 3.20. The molecule has 0 aliphatic heterocycles. The van der Waals surface area contributed by atoms with E-state index in [4.69, 9.17) is 0 Å². The molecular weight excluding hydrogens is 268 g/mol. The maximum Gasteiger partial charge on any atom is 0.274 e. The molecule has 0 spiro atoms. The van der Waals surface area contributed by atoms with Crippen molar-refractivity contribution in [1.82, 2.24) is 20.2 Å². The summed E-state index contributed by atoms with van der Waals surface area (Å²) in [6, 6.07) is 0.150. The Kier molecular flexibility index (Phi) is 6.78. The largest absolute Gasteiger partial charge is 0.354 e. The van der Waals surface area contributed by atoms with Crippen LogP contribution in [0.4, 0.5) is 0 Å². The van der Waals surface area contributed by atoms with E-state index < -0.39 is 0 Å². The van der Waals surface area contributed by atoms with Crippen LogP contribution in [0.2, 0.25) is 0 Å². The van der Waals surface area contributed by atoms with Gasteiger partial charge in [-0.05, 0) is 27.2 Å². The van der Waals surface area contributed by atoms with E-state index in [-0.39, 0.29) is 30.3 Å². The highest BCUT2D eigenvalue weighted by molar-refractivity contribution is 5.92. The van der Waals surface area contributed by atoms with E-state index in [0.717, 1.165) is 6.42 Å². The molecule has 0 saturated carbocycles. The Morgan fingerprint density at radius 2 is 2.00 bits per heavy atom. The predicted molar refractivity (Wildman–Crippen MR) is 80.7 cm³/mol. The molecule has 21 heavy (non-hydrogen) atoms. The quantitative estimate of drug-likeness (QED) is 0.829. The summed E-state index contributed by atoms with van der Waals surface area (Å²) in [6.45, 7) is 8.18. The van der Waals surface area contributed by atoms with Crippen LogP contribution in [0.25, 0.3) is 0 Å². The Morgan fingerprint density at radius 1 is 1.29 bits per heavy atom. The number of carbonyl (C=O) groups excluding carboxylic acids is 2. The molecule has 6 nitrogen and oxygen atoms in total. The average molecular weight is 292 g/mol. The molecule has 1 heterocycles. The van der Waals surface area contributed by atoms with Crippen LogP contribution in [0.15, 0.2) is 18.6 Å². The fraction of sp³-hybridized carbons (Fsp3) is 0.600. The number of amides is 2. The molecule has 1 N–H and O–H groups in total. The van der Waals surface area contributed by atoms with Crippen molar-refractivity contribution in [2.45, 2.75) is 52.6 Å². The molecule has 1 aromatic heterocycles. The molecule has 1 atom stereocenters. The summed E-state index contributed by atoms with van der Waals surface area (Å²) >= 11 is 0. The molecule has 116 valence electrons. The van der Waals surface area contributed by atoms with E-state index in [1.165, 1.54) is 18.6 Å². The average Bonchev–Trinajstić information content (AvgIpc) is 2.47. The molecule has 0 aromatic carbocycles. The van der Waals surface area contributed by atoms with E-state index in [0.29, 0.717) is 12.2 Å². The molecule has 0 aliphatic carbocycles. The van der Waals surface area contributed by atoms with Crippen molar-refractivity contribution in [3.8, 4) is 0 Å². The van der Waals surface area contributed by atoms with E-state index >= 15 is 0 Å². The van der Waals surface area contributed by atoms with Crippen molar-refractivity contribution >= 4 is 11.8 Å². The van der Waals surface area contributed by atoms with Gasteiger partial charge in [-0.1, -0.05) is 6.92 Å². The highest BCUT2D eigenvalue weighted by Crippen LogP contribution is 2.09. The van der Waals surface area contributed by atoms with Crippen molar-refractivity contribution in [3.05, 3.63) is 24.3 Å². The van der Waals surface area contributed by atoms with Gasteiger partial charge in [-0.2, -0.15) is 0 Å². The predicted octanol–water partition coefficient (Wildman–Crippen LogP) is 1.63. The summed E-state index contributed by atoms with van der Waals surface area (Å²) in [5.41, 5.74) is 0.307. The number of hydrogen-bond acceptors (Lipinski definition) is 4. The van der Waals surface area contributed by atoms with E-state index in [1.54, 1.807) is 4.90 Å². The van der Waals surface area contributed by atoms with E-state index in [9.17, 15) is 9.59 Å². The number of nitrogens with one attached hydrogen (secondary N) is 1. The van der Waals surface area contributed by atoms with Gasteiger partial charge in [0.05, 0.1) is 6.20 Å². The Hall–Kier alpha value is -1.98. The fourth-order valence-corrected chi connectivity index (χ4v) is 1.92. The first-order valence-electron chi connectivity index (χ1n) is 7.32. The molecule has 2 amide bonds. The van der Waals surface area contributed by atoms with Gasteiger partial charge < -0.3 is 10.2 Å². The highest BCUT2D eigenvalue weighted by atomic mass is 16.2. The number of carbonyl (C=O) groups is 2. The topological polar surface area (TPSA) is 75.2 Å². The highest BCUT2D eigenvalue weighted by Gasteiger charge is 2.22. The maximum absolute atomic E-state index is 12.5. The van der Waals surface area contributed by atoms with Gasteiger partial charge in [0.15, 0.2) is 0 Å². The lowest BCUT2D eigenvalue weighted by Crippen LogP contribution is -2.42. The van der Waals surface area contributed by atoms with Gasteiger partial charge in [-0.15, -0.1) is 0 Å². The van der Waals surface area contributed by atoms with Crippen LogP contribution in [0.1, 0.15) is 51.0 Å². The summed E-state index contributed by atoms with van der Waals surface area (Å²) in [5, 5.41) is 2.83. The van der Waals surface area contributed by atoms with Crippen molar-refractivity contribution in [3.63, 3.8) is 0 Å². The van der Waals surface area contributed by atoms with E-state index in [2.05, 4.69) is 15.3 Å². The van der Waals surface area contributed by atoms with Gasteiger partial charge in [0.1, 0.15) is 5.69 Å². The van der Waals surface area contributed by atoms with Crippen LogP contribution in [-0.2, 0) is 4.79 Å². The Bertz CT molecular complexity index is 462. The van der Waals surface area contributed by atoms with Crippen LogP contribution in [0, 0.1) is 0 Å². The molecule has 6 heteroatoms. The van der Waals surface area contributed by atoms with Crippen LogP contribution in [0.3, 0.4) is 0 Å². The van der Waals surface area contributed by atoms with Crippen LogP contribution >= 0.6 is 0 Å². The molecule has 0 saturated heterocycles. The second-order valence-electron chi connectivity index (χ2n) is 5.32. The second kappa shape index (κ2) is 8.34. The number of rotatable bonds is 7. The number of hydrogen-bond donors (Lipinski definition) is 1. The van der Waals surface area contributed by atoms with Gasteiger partial charge in [-0.3, -0.25) is 14.6 Å². The van der Waals surface area contributed by atoms with Crippen LogP contribution in [-0.4, -0.2) is 45.3 Å². The molecule has 0 bridgehead atoms. The smallest absolute Gasteiger partial charge is 0.274 e. The van der Waals surface area contributed by atoms with Crippen molar-refractivity contribution in [1.29, 1.82) is 0 Å². The standard InChI is InChI=1S/C15H24N4O2/c1-5-12(4)19(9-6-14(20)18-11(2)3)15(21)13-10-16-7-8-17-13/h7-8,10-12H,5-6,9H2,1-4H3,(H,18,20)/t12-/m0/s1. The number of aromatic nitrogens is 2. The first-order valence-corrected chi connectivity index (χ1v) is 7.32. The lowest BCUT2D eigenvalue weighted by molar-refractivity contribution is -0.121. The lowest BCUT2D eigenvalue weighted by Gasteiger charge is -2.28. The first kappa shape index (κ1) is 17.1. The lowest BCUT2D eigenvalue weighted by atomic mass is 10.2. The molecular formula is C15H24N4O2. The maximum atomic E-state index is 12.5. The third kappa shape index (κ3) is 5.49. The minimum Gasteiger partial charge on any atom is -0.354 e. The Labute approximate surface area is 126 Å². The van der Waals surface area contributed by atoms with Gasteiger partial charge in [-0.25, -0.2) is 4.98 Å². The van der Waals surface area contributed by atoms with Crippen molar-refractivity contribution in [2.75, 3.05) is 6.54 Å². The molecule has 0 fully saturated rings. The fourth-order valence-electron chi connectivity index (χ4n) is 1.92. The summed E-state index contributed by atoms with van der Waals surface area (Å²) in [5.74, 6) is -0.236. The zero-order valence-corrected chi connectivity index (χ0v) is 13.2. The molecule has 0 aliphatic rings. The van der Waals surface area contributed by atoms with Crippen LogP contribution in [0.5, 0.6) is 0 Å².